The Morgan fingerprint density at radius 3 is 1.62 bits per heavy atom. The summed E-state index contributed by atoms with van der Waals surface area (Å²) in [4.78, 5) is 0. The molecule has 0 saturated heterocycles. The number of benzene rings is 2. The number of rotatable bonds is 7. The summed E-state index contributed by atoms with van der Waals surface area (Å²) in [6.45, 7) is 2.12. The summed E-state index contributed by atoms with van der Waals surface area (Å²) in [6.07, 6.45) is 7.06. The van der Waals surface area contributed by atoms with Crippen molar-refractivity contribution in [2.24, 2.45) is 0 Å². The van der Waals surface area contributed by atoms with Crippen molar-refractivity contribution < 1.29 is 9.47 Å². The van der Waals surface area contributed by atoms with Crippen molar-refractivity contribution in [1.29, 1.82) is 0 Å². The highest BCUT2D eigenvalue weighted by atomic mass is 35.5. The molecule has 2 N–H and O–H groups in total. The van der Waals surface area contributed by atoms with Gasteiger partial charge in [-0.1, -0.05) is 25.0 Å². The second-order valence-electron chi connectivity index (χ2n) is 7.93. The van der Waals surface area contributed by atoms with Crippen molar-refractivity contribution >= 4 is 12.4 Å². The quantitative estimate of drug-likeness (QED) is 0.638. The SMILES string of the molecule is COc1ccc2c(c1)CCNC2CCCCC1NCCc2cc(OC)ccc21.Cl. The first-order chi connectivity index (χ1) is 13.8. The highest BCUT2D eigenvalue weighted by Crippen LogP contribution is 2.32. The Hall–Kier alpha value is -1.75. The lowest BCUT2D eigenvalue weighted by atomic mass is 9.88. The van der Waals surface area contributed by atoms with Gasteiger partial charge in [0, 0.05) is 12.1 Å². The van der Waals surface area contributed by atoms with Crippen LogP contribution in [0.25, 0.3) is 0 Å². The molecule has 0 amide bonds. The third kappa shape index (κ3) is 5.06. The Morgan fingerprint density at radius 2 is 1.21 bits per heavy atom. The predicted octanol–water partition coefficient (Wildman–Crippen LogP) is 4.76. The van der Waals surface area contributed by atoms with Gasteiger partial charge in [0.1, 0.15) is 11.5 Å². The first-order valence-electron chi connectivity index (χ1n) is 10.6. The Bertz CT molecular complexity index is 744. The molecule has 2 aliphatic rings. The minimum atomic E-state index is 0. The van der Waals surface area contributed by atoms with Gasteiger partial charge in [-0.2, -0.15) is 0 Å². The summed E-state index contributed by atoms with van der Waals surface area (Å²) >= 11 is 0. The maximum absolute atomic E-state index is 5.39. The molecule has 0 aromatic heterocycles. The van der Waals surface area contributed by atoms with Crippen LogP contribution in [0.5, 0.6) is 11.5 Å². The minimum Gasteiger partial charge on any atom is -0.497 e. The van der Waals surface area contributed by atoms with E-state index in [0.29, 0.717) is 12.1 Å². The Balaban J connectivity index is 0.00000240. The van der Waals surface area contributed by atoms with Crippen LogP contribution in [-0.4, -0.2) is 27.3 Å². The number of nitrogens with one attached hydrogen (secondary N) is 2. The van der Waals surface area contributed by atoms with Crippen molar-refractivity contribution in [2.75, 3.05) is 27.3 Å². The topological polar surface area (TPSA) is 42.5 Å². The Labute approximate surface area is 180 Å². The molecule has 29 heavy (non-hydrogen) atoms. The van der Waals surface area contributed by atoms with Gasteiger partial charge in [-0.25, -0.2) is 0 Å². The number of hydrogen-bond donors (Lipinski definition) is 2. The summed E-state index contributed by atoms with van der Waals surface area (Å²) in [7, 11) is 3.49. The average Bonchev–Trinajstić information content (AvgIpc) is 2.75. The molecule has 158 valence electrons. The van der Waals surface area contributed by atoms with E-state index in [1.807, 2.05) is 0 Å². The number of methoxy groups -OCH3 is 2. The summed E-state index contributed by atoms with van der Waals surface area (Å²) in [5.74, 6) is 1.94. The number of unbranched alkanes of at least 4 members (excludes halogenated alkanes) is 1. The first kappa shape index (κ1) is 21.9. The van der Waals surface area contributed by atoms with Gasteiger partial charge in [-0.15, -0.1) is 12.4 Å². The molecule has 0 spiro atoms. The van der Waals surface area contributed by atoms with Crippen LogP contribution in [0.2, 0.25) is 0 Å². The lowest BCUT2D eigenvalue weighted by molar-refractivity contribution is 0.403. The predicted molar refractivity (Wildman–Crippen MR) is 121 cm³/mol. The zero-order valence-electron chi connectivity index (χ0n) is 17.5. The molecule has 0 radical (unpaired) electrons. The van der Waals surface area contributed by atoms with E-state index in [2.05, 4.69) is 47.0 Å². The van der Waals surface area contributed by atoms with E-state index >= 15 is 0 Å². The van der Waals surface area contributed by atoms with E-state index < -0.39 is 0 Å². The molecule has 0 saturated carbocycles. The van der Waals surface area contributed by atoms with Crippen LogP contribution >= 0.6 is 12.4 Å². The van der Waals surface area contributed by atoms with Gasteiger partial charge >= 0.3 is 0 Å². The fourth-order valence-corrected chi connectivity index (χ4v) is 4.73. The van der Waals surface area contributed by atoms with E-state index in [1.165, 1.54) is 47.9 Å². The van der Waals surface area contributed by atoms with Crippen LogP contribution in [0, 0.1) is 0 Å². The largest absolute Gasteiger partial charge is 0.497 e. The first-order valence-corrected chi connectivity index (χ1v) is 10.6. The number of ether oxygens (including phenoxy) is 2. The average molecular weight is 417 g/mol. The lowest BCUT2D eigenvalue weighted by Gasteiger charge is -2.29. The zero-order chi connectivity index (χ0) is 19.3. The molecule has 5 heteroatoms. The zero-order valence-corrected chi connectivity index (χ0v) is 18.3. The van der Waals surface area contributed by atoms with Crippen LogP contribution in [0.15, 0.2) is 36.4 Å². The number of halogens is 1. The normalized spacial score (nSPS) is 20.2. The Morgan fingerprint density at radius 1 is 0.759 bits per heavy atom. The second-order valence-corrected chi connectivity index (χ2v) is 7.93. The summed E-state index contributed by atoms with van der Waals surface area (Å²) in [6, 6.07) is 14.1. The third-order valence-corrected chi connectivity index (χ3v) is 6.26. The van der Waals surface area contributed by atoms with Crippen molar-refractivity contribution in [2.45, 2.75) is 50.6 Å². The molecule has 2 aliphatic heterocycles. The fraction of sp³-hybridized carbons (Fsp3) is 0.500. The molecular formula is C24H33ClN2O2. The molecule has 2 unspecified atom stereocenters. The van der Waals surface area contributed by atoms with Crippen molar-refractivity contribution in [3.63, 3.8) is 0 Å². The van der Waals surface area contributed by atoms with Gasteiger partial charge in [-0.3, -0.25) is 0 Å². The van der Waals surface area contributed by atoms with Crippen molar-refractivity contribution in [1.82, 2.24) is 10.6 Å². The maximum Gasteiger partial charge on any atom is 0.119 e. The number of hydrogen-bond acceptors (Lipinski definition) is 4. The molecule has 4 nitrogen and oxygen atoms in total. The standard InChI is InChI=1S/C24H32N2O2.ClH/c1-27-19-7-9-21-17(15-19)11-13-25-23(21)5-3-4-6-24-22-10-8-20(28-2)16-18(22)12-14-26-24;/h7-10,15-16,23-26H,3-6,11-14H2,1-2H3;1H. The molecular weight excluding hydrogens is 384 g/mol. The molecule has 2 heterocycles. The van der Waals surface area contributed by atoms with Crippen LogP contribution < -0.4 is 20.1 Å². The number of fused-ring (bicyclic) bond motifs is 2. The maximum atomic E-state index is 5.39. The van der Waals surface area contributed by atoms with E-state index in [9.17, 15) is 0 Å². The molecule has 4 rings (SSSR count). The highest BCUT2D eigenvalue weighted by molar-refractivity contribution is 5.85. The van der Waals surface area contributed by atoms with Gasteiger partial charge in [0.2, 0.25) is 0 Å². The van der Waals surface area contributed by atoms with E-state index in [1.54, 1.807) is 14.2 Å². The Kier molecular flexibility index (Phi) is 7.82. The van der Waals surface area contributed by atoms with Crippen molar-refractivity contribution in [3.05, 3.63) is 58.7 Å². The summed E-state index contributed by atoms with van der Waals surface area (Å²) in [5.41, 5.74) is 5.81. The summed E-state index contributed by atoms with van der Waals surface area (Å²) < 4.78 is 10.8. The van der Waals surface area contributed by atoms with Crippen LogP contribution in [0.3, 0.4) is 0 Å². The van der Waals surface area contributed by atoms with Gasteiger partial charge in [0.25, 0.3) is 0 Å². The van der Waals surface area contributed by atoms with Gasteiger partial charge in [0.05, 0.1) is 14.2 Å². The second kappa shape index (κ2) is 10.3. The molecule has 2 atom stereocenters. The minimum absolute atomic E-state index is 0. The molecule has 0 aliphatic carbocycles. The van der Waals surface area contributed by atoms with Crippen LogP contribution in [0.4, 0.5) is 0 Å². The van der Waals surface area contributed by atoms with Gasteiger partial charge in [0.15, 0.2) is 0 Å². The van der Waals surface area contributed by atoms with Crippen LogP contribution in [0.1, 0.15) is 60.0 Å². The monoisotopic (exact) mass is 416 g/mol. The molecule has 2 aromatic carbocycles. The smallest absolute Gasteiger partial charge is 0.119 e. The summed E-state index contributed by atoms with van der Waals surface area (Å²) in [5, 5.41) is 7.42. The van der Waals surface area contributed by atoms with E-state index in [0.717, 1.165) is 37.4 Å². The van der Waals surface area contributed by atoms with Gasteiger partial charge < -0.3 is 20.1 Å². The molecule has 0 bridgehead atoms. The van der Waals surface area contributed by atoms with Crippen LogP contribution in [-0.2, 0) is 12.8 Å². The van der Waals surface area contributed by atoms with E-state index in [-0.39, 0.29) is 12.4 Å². The molecule has 2 aromatic rings. The fourth-order valence-electron chi connectivity index (χ4n) is 4.73. The third-order valence-electron chi connectivity index (χ3n) is 6.26. The lowest BCUT2D eigenvalue weighted by Crippen LogP contribution is -2.30. The highest BCUT2D eigenvalue weighted by Gasteiger charge is 2.22. The van der Waals surface area contributed by atoms with Crippen molar-refractivity contribution in [3.8, 4) is 11.5 Å². The molecule has 0 fully saturated rings. The van der Waals surface area contributed by atoms with E-state index in [4.69, 9.17) is 9.47 Å². The van der Waals surface area contributed by atoms with Gasteiger partial charge in [-0.05, 0) is 85.3 Å².